The van der Waals surface area contributed by atoms with E-state index in [9.17, 15) is 9.59 Å². The minimum Gasteiger partial charge on any atom is -0.356 e. The molecule has 30 heavy (non-hydrogen) atoms. The summed E-state index contributed by atoms with van der Waals surface area (Å²) in [5, 5.41) is 3.62. The maximum atomic E-state index is 13.0. The highest BCUT2D eigenvalue weighted by molar-refractivity contribution is 6.30. The Morgan fingerprint density at radius 2 is 1.83 bits per heavy atom. The van der Waals surface area contributed by atoms with E-state index in [1.54, 1.807) is 42.7 Å². The number of carbonyl (C=O) groups excluding carboxylic acids is 2. The number of halogens is 1. The number of piperidine rings is 1. The lowest BCUT2D eigenvalue weighted by atomic mass is 9.60. The van der Waals surface area contributed by atoms with Gasteiger partial charge in [-0.15, -0.1) is 0 Å². The van der Waals surface area contributed by atoms with Gasteiger partial charge >= 0.3 is 0 Å². The molecule has 4 heterocycles. The van der Waals surface area contributed by atoms with Crippen LogP contribution in [0.15, 0.2) is 42.7 Å². The van der Waals surface area contributed by atoms with E-state index in [4.69, 9.17) is 11.6 Å². The van der Waals surface area contributed by atoms with Gasteiger partial charge in [-0.2, -0.15) is 0 Å². The van der Waals surface area contributed by atoms with Gasteiger partial charge in [0.25, 0.3) is 5.91 Å². The van der Waals surface area contributed by atoms with Gasteiger partial charge in [0.1, 0.15) is 0 Å². The van der Waals surface area contributed by atoms with Crippen molar-refractivity contribution in [1.29, 1.82) is 0 Å². The SMILES string of the molecule is O=C(c1cccc(Cl)c1)N1CCC2(CC1)CN(c1ncccn1)C[C@@]21CCNC1=O. The van der Waals surface area contributed by atoms with Gasteiger partial charge in [0.15, 0.2) is 0 Å². The van der Waals surface area contributed by atoms with Crippen molar-refractivity contribution in [2.45, 2.75) is 19.3 Å². The number of aromatic nitrogens is 2. The molecule has 0 aliphatic carbocycles. The van der Waals surface area contributed by atoms with Gasteiger partial charge in [-0.25, -0.2) is 9.97 Å². The third kappa shape index (κ3) is 2.95. The van der Waals surface area contributed by atoms with Crippen LogP contribution in [0.25, 0.3) is 0 Å². The number of hydrogen-bond donors (Lipinski definition) is 1. The number of nitrogens with one attached hydrogen (secondary N) is 1. The molecule has 0 unspecified atom stereocenters. The van der Waals surface area contributed by atoms with E-state index in [1.165, 1.54) is 0 Å². The Morgan fingerprint density at radius 1 is 1.07 bits per heavy atom. The monoisotopic (exact) mass is 425 g/mol. The van der Waals surface area contributed by atoms with Crippen LogP contribution in [0.4, 0.5) is 5.95 Å². The first-order valence-electron chi connectivity index (χ1n) is 10.4. The average molecular weight is 426 g/mol. The van der Waals surface area contributed by atoms with E-state index in [0.717, 1.165) is 25.8 Å². The number of amides is 2. The second-order valence-electron chi connectivity index (χ2n) is 8.58. The number of fused-ring (bicyclic) bond motifs is 1. The zero-order valence-electron chi connectivity index (χ0n) is 16.7. The third-order valence-electron chi connectivity index (χ3n) is 7.16. The van der Waals surface area contributed by atoms with Crippen molar-refractivity contribution < 1.29 is 9.59 Å². The molecule has 3 fully saturated rings. The predicted octanol–water partition coefficient (Wildman–Crippen LogP) is 2.38. The molecule has 2 spiro atoms. The highest BCUT2D eigenvalue weighted by atomic mass is 35.5. The number of likely N-dealkylation sites (tertiary alicyclic amines) is 1. The molecule has 3 aliphatic heterocycles. The lowest BCUT2D eigenvalue weighted by molar-refractivity contribution is -0.133. The first kappa shape index (κ1) is 19.3. The van der Waals surface area contributed by atoms with Crippen LogP contribution in [-0.4, -0.2) is 59.4 Å². The number of carbonyl (C=O) groups is 2. The van der Waals surface area contributed by atoms with E-state index in [2.05, 4.69) is 20.2 Å². The van der Waals surface area contributed by atoms with Gasteiger partial charge in [-0.1, -0.05) is 17.7 Å². The first-order valence-corrected chi connectivity index (χ1v) is 10.8. The number of hydrogen-bond acceptors (Lipinski definition) is 5. The van der Waals surface area contributed by atoms with Crippen LogP contribution < -0.4 is 10.2 Å². The normalized spacial score (nSPS) is 25.2. The molecule has 0 saturated carbocycles. The highest BCUT2D eigenvalue weighted by Crippen LogP contribution is 2.56. The summed E-state index contributed by atoms with van der Waals surface area (Å²) in [5.41, 5.74) is -0.0209. The number of anilines is 1. The van der Waals surface area contributed by atoms with Crippen LogP contribution in [0, 0.1) is 10.8 Å². The van der Waals surface area contributed by atoms with E-state index in [1.807, 2.05) is 4.90 Å². The van der Waals surface area contributed by atoms with Crippen LogP contribution in [0.5, 0.6) is 0 Å². The van der Waals surface area contributed by atoms with Crippen LogP contribution in [0.3, 0.4) is 0 Å². The molecule has 7 nitrogen and oxygen atoms in total. The summed E-state index contributed by atoms with van der Waals surface area (Å²) < 4.78 is 0. The topological polar surface area (TPSA) is 78.4 Å². The molecule has 0 radical (unpaired) electrons. The molecule has 1 atom stereocenters. The van der Waals surface area contributed by atoms with Crippen molar-refractivity contribution in [3.05, 3.63) is 53.3 Å². The second kappa shape index (κ2) is 7.23. The minimum atomic E-state index is -0.447. The lowest BCUT2D eigenvalue weighted by Crippen LogP contribution is -2.53. The summed E-state index contributed by atoms with van der Waals surface area (Å²) in [4.78, 5) is 38.9. The quantitative estimate of drug-likeness (QED) is 0.799. The number of rotatable bonds is 2. The van der Waals surface area contributed by atoms with Gasteiger partial charge in [-0.3, -0.25) is 9.59 Å². The number of benzene rings is 1. The standard InChI is InChI=1S/C22H24ClN5O2/c23-17-4-1-3-16(13-17)18(29)27-11-6-21(7-12-27)14-28(20-25-8-2-9-26-20)15-22(21)5-10-24-19(22)30/h1-4,8-9,13H,5-7,10-12,14-15H2,(H,24,30)/t22-/m1/s1. The zero-order valence-corrected chi connectivity index (χ0v) is 17.4. The second-order valence-corrected chi connectivity index (χ2v) is 9.01. The molecule has 2 aromatic rings. The molecule has 1 aromatic heterocycles. The molecule has 2 amide bonds. The largest absolute Gasteiger partial charge is 0.356 e. The van der Waals surface area contributed by atoms with Crippen LogP contribution in [0.1, 0.15) is 29.6 Å². The van der Waals surface area contributed by atoms with Gasteiger partial charge in [0.2, 0.25) is 11.9 Å². The van der Waals surface area contributed by atoms with Gasteiger partial charge < -0.3 is 15.1 Å². The fraction of sp³-hybridized carbons (Fsp3) is 0.455. The smallest absolute Gasteiger partial charge is 0.253 e. The minimum absolute atomic E-state index is 0.00137. The Balaban J connectivity index is 1.39. The molecule has 5 rings (SSSR count). The van der Waals surface area contributed by atoms with E-state index in [-0.39, 0.29) is 17.2 Å². The van der Waals surface area contributed by atoms with Crippen molar-refractivity contribution >= 4 is 29.4 Å². The van der Waals surface area contributed by atoms with Crippen molar-refractivity contribution in [2.75, 3.05) is 37.6 Å². The fourth-order valence-electron chi connectivity index (χ4n) is 5.57. The fourth-order valence-corrected chi connectivity index (χ4v) is 5.76. The van der Waals surface area contributed by atoms with Crippen molar-refractivity contribution in [3.63, 3.8) is 0 Å². The van der Waals surface area contributed by atoms with Crippen molar-refractivity contribution in [2.24, 2.45) is 10.8 Å². The summed E-state index contributed by atoms with van der Waals surface area (Å²) in [5.74, 6) is 0.806. The van der Waals surface area contributed by atoms with Gasteiger partial charge in [0.05, 0.1) is 5.41 Å². The van der Waals surface area contributed by atoms with Crippen molar-refractivity contribution in [3.8, 4) is 0 Å². The molecular weight excluding hydrogens is 402 g/mol. The zero-order chi connectivity index (χ0) is 20.8. The maximum Gasteiger partial charge on any atom is 0.253 e. The molecule has 3 saturated heterocycles. The van der Waals surface area contributed by atoms with Crippen LogP contribution in [-0.2, 0) is 4.79 Å². The molecule has 1 aromatic carbocycles. The van der Waals surface area contributed by atoms with E-state index in [0.29, 0.717) is 42.7 Å². The third-order valence-corrected chi connectivity index (χ3v) is 7.39. The van der Waals surface area contributed by atoms with E-state index < -0.39 is 5.41 Å². The molecule has 156 valence electrons. The Kier molecular flexibility index (Phi) is 4.65. The Bertz CT molecular complexity index is 977. The summed E-state index contributed by atoms with van der Waals surface area (Å²) in [6.45, 7) is 3.33. The average Bonchev–Trinajstić information content (AvgIpc) is 3.30. The molecule has 1 N–H and O–H groups in total. The Morgan fingerprint density at radius 3 is 2.50 bits per heavy atom. The summed E-state index contributed by atoms with van der Waals surface area (Å²) in [6, 6.07) is 8.88. The van der Waals surface area contributed by atoms with E-state index >= 15 is 0 Å². The number of nitrogens with zero attached hydrogens (tertiary/aromatic N) is 4. The molecule has 8 heteroatoms. The summed E-state index contributed by atoms with van der Waals surface area (Å²) >= 11 is 6.07. The maximum absolute atomic E-state index is 13.0. The lowest BCUT2D eigenvalue weighted by Gasteiger charge is -2.46. The molecule has 3 aliphatic rings. The molecular formula is C22H24ClN5O2. The summed E-state index contributed by atoms with van der Waals surface area (Å²) in [7, 11) is 0. The Hall–Kier alpha value is -2.67. The highest BCUT2D eigenvalue weighted by Gasteiger charge is 2.64. The van der Waals surface area contributed by atoms with Gasteiger partial charge in [-0.05, 0) is 43.5 Å². The van der Waals surface area contributed by atoms with Crippen LogP contribution in [0.2, 0.25) is 5.02 Å². The van der Waals surface area contributed by atoms with Gasteiger partial charge in [0, 0.05) is 61.1 Å². The van der Waals surface area contributed by atoms with Crippen LogP contribution >= 0.6 is 11.6 Å². The summed E-state index contributed by atoms with van der Waals surface area (Å²) in [6.07, 6.45) is 5.87. The van der Waals surface area contributed by atoms with Crippen molar-refractivity contribution in [1.82, 2.24) is 20.2 Å². The molecule has 0 bridgehead atoms. The predicted molar refractivity (Wildman–Crippen MR) is 113 cm³/mol. The first-order chi connectivity index (χ1) is 14.5. The Labute approximate surface area is 180 Å².